The quantitative estimate of drug-likeness (QED) is 0.786. The number of hydrogen-bond acceptors (Lipinski definition) is 5. The maximum absolute atomic E-state index is 4.63. The van der Waals surface area contributed by atoms with Crippen LogP contribution in [0.15, 0.2) is 17.6 Å². The van der Waals surface area contributed by atoms with E-state index in [1.54, 1.807) is 11.3 Å². The Kier molecular flexibility index (Phi) is 3.88. The minimum absolute atomic E-state index is 0.738. The molecule has 110 valence electrons. The first-order valence-electron chi connectivity index (χ1n) is 7.20. The number of anilines is 1. The van der Waals surface area contributed by atoms with E-state index in [9.17, 15) is 0 Å². The highest BCUT2D eigenvalue weighted by Gasteiger charge is 2.10. The highest BCUT2D eigenvalue weighted by atomic mass is 32.1. The third-order valence-corrected chi connectivity index (χ3v) is 4.27. The molecule has 5 nitrogen and oxygen atoms in total. The highest BCUT2D eigenvalue weighted by molar-refractivity contribution is 7.16. The van der Waals surface area contributed by atoms with Crippen molar-refractivity contribution in [2.24, 2.45) is 7.05 Å². The monoisotopic (exact) mass is 301 g/mol. The second-order valence-corrected chi connectivity index (χ2v) is 5.86. The molecule has 3 aromatic heterocycles. The molecule has 0 fully saturated rings. The predicted molar refractivity (Wildman–Crippen MR) is 86.7 cm³/mol. The molecule has 21 heavy (non-hydrogen) atoms. The fraction of sp³-hybridized carbons (Fsp3) is 0.400. The zero-order valence-corrected chi connectivity index (χ0v) is 13.4. The zero-order chi connectivity index (χ0) is 14.8. The first kappa shape index (κ1) is 14.0. The summed E-state index contributed by atoms with van der Waals surface area (Å²) in [6, 6.07) is 2.08. The number of nitrogens with zero attached hydrogens (tertiary/aromatic N) is 4. The van der Waals surface area contributed by atoms with E-state index in [1.807, 2.05) is 11.7 Å². The molecule has 0 amide bonds. The van der Waals surface area contributed by atoms with Gasteiger partial charge in [0.25, 0.3) is 0 Å². The molecular formula is C15H19N5S. The number of aromatic nitrogens is 4. The Bertz CT molecular complexity index is 759. The summed E-state index contributed by atoms with van der Waals surface area (Å²) in [5, 5.41) is 11.1. The smallest absolute Gasteiger partial charge is 0.138 e. The molecule has 0 saturated carbocycles. The van der Waals surface area contributed by atoms with Crippen LogP contribution in [-0.2, 0) is 26.4 Å². The number of thiophene rings is 1. The van der Waals surface area contributed by atoms with Crippen molar-refractivity contribution in [3.8, 4) is 0 Å². The third kappa shape index (κ3) is 2.76. The van der Waals surface area contributed by atoms with Gasteiger partial charge in [0.2, 0.25) is 0 Å². The fourth-order valence-electron chi connectivity index (χ4n) is 2.40. The van der Waals surface area contributed by atoms with Gasteiger partial charge < -0.3 is 5.32 Å². The summed E-state index contributed by atoms with van der Waals surface area (Å²) < 4.78 is 1.87. The fourth-order valence-corrected chi connectivity index (χ4v) is 3.18. The first-order valence-corrected chi connectivity index (χ1v) is 8.08. The van der Waals surface area contributed by atoms with Gasteiger partial charge in [-0.15, -0.1) is 11.3 Å². The van der Waals surface area contributed by atoms with E-state index in [0.717, 1.165) is 46.9 Å². The number of rotatable bonds is 5. The molecule has 0 aromatic carbocycles. The summed E-state index contributed by atoms with van der Waals surface area (Å²) in [6.45, 7) is 4.94. The average molecular weight is 301 g/mol. The lowest BCUT2D eigenvalue weighted by molar-refractivity contribution is 0.746. The molecule has 3 aromatic rings. The molecule has 0 aliphatic heterocycles. The largest absolute Gasteiger partial charge is 0.365 e. The Morgan fingerprint density at radius 1 is 1.24 bits per heavy atom. The van der Waals surface area contributed by atoms with Crippen molar-refractivity contribution in [3.05, 3.63) is 34.7 Å². The van der Waals surface area contributed by atoms with E-state index in [1.165, 1.54) is 5.56 Å². The number of aryl methyl sites for hydroxylation is 3. The maximum Gasteiger partial charge on any atom is 0.138 e. The molecule has 0 bridgehead atoms. The van der Waals surface area contributed by atoms with Crippen molar-refractivity contribution in [2.75, 3.05) is 5.32 Å². The SMILES string of the molecule is CCc1nc(NCc2cn(C)nc2CC)c2ccsc2n1. The summed E-state index contributed by atoms with van der Waals surface area (Å²) >= 11 is 1.66. The van der Waals surface area contributed by atoms with Crippen LogP contribution in [0.2, 0.25) is 0 Å². The van der Waals surface area contributed by atoms with Crippen LogP contribution >= 0.6 is 11.3 Å². The van der Waals surface area contributed by atoms with Gasteiger partial charge in [-0.3, -0.25) is 4.68 Å². The molecule has 3 rings (SSSR count). The molecule has 6 heteroatoms. The Morgan fingerprint density at radius 2 is 2.10 bits per heavy atom. The molecule has 0 radical (unpaired) electrons. The van der Waals surface area contributed by atoms with Crippen molar-refractivity contribution in [1.82, 2.24) is 19.7 Å². The van der Waals surface area contributed by atoms with Gasteiger partial charge in [-0.05, 0) is 17.9 Å². The Labute approximate surface area is 128 Å². The molecule has 0 aliphatic carbocycles. The number of fused-ring (bicyclic) bond motifs is 1. The third-order valence-electron chi connectivity index (χ3n) is 3.46. The molecular weight excluding hydrogens is 282 g/mol. The molecule has 0 unspecified atom stereocenters. The van der Waals surface area contributed by atoms with Crippen LogP contribution in [0.25, 0.3) is 10.2 Å². The lowest BCUT2D eigenvalue weighted by atomic mass is 10.2. The molecule has 0 spiro atoms. The summed E-state index contributed by atoms with van der Waals surface area (Å²) in [6.07, 6.45) is 3.85. The van der Waals surface area contributed by atoms with Crippen LogP contribution in [0.4, 0.5) is 5.82 Å². The molecule has 3 heterocycles. The first-order chi connectivity index (χ1) is 10.2. The lowest BCUT2D eigenvalue weighted by Gasteiger charge is -2.08. The van der Waals surface area contributed by atoms with Crippen molar-refractivity contribution in [2.45, 2.75) is 33.2 Å². The van der Waals surface area contributed by atoms with Gasteiger partial charge in [0.05, 0.1) is 11.1 Å². The van der Waals surface area contributed by atoms with E-state index in [4.69, 9.17) is 0 Å². The van der Waals surface area contributed by atoms with Crippen molar-refractivity contribution in [1.29, 1.82) is 0 Å². The average Bonchev–Trinajstić information content (AvgIpc) is 3.10. The van der Waals surface area contributed by atoms with Crippen LogP contribution in [0, 0.1) is 0 Å². The van der Waals surface area contributed by atoms with Crippen LogP contribution in [0.5, 0.6) is 0 Å². The topological polar surface area (TPSA) is 55.6 Å². The van der Waals surface area contributed by atoms with Gasteiger partial charge in [-0.25, -0.2) is 9.97 Å². The standard InChI is InChI=1S/C15H19N5S/c1-4-12-10(9-20(3)19-12)8-16-14-11-6-7-21-15(11)18-13(5-2)17-14/h6-7,9H,4-5,8H2,1-3H3,(H,16,17,18). The van der Waals surface area contributed by atoms with Gasteiger partial charge in [0.15, 0.2) is 0 Å². The number of nitrogens with one attached hydrogen (secondary N) is 1. The van der Waals surface area contributed by atoms with E-state index < -0.39 is 0 Å². The van der Waals surface area contributed by atoms with Gasteiger partial charge in [0.1, 0.15) is 16.5 Å². The van der Waals surface area contributed by atoms with Crippen LogP contribution in [-0.4, -0.2) is 19.7 Å². The van der Waals surface area contributed by atoms with Crippen LogP contribution in [0.3, 0.4) is 0 Å². The van der Waals surface area contributed by atoms with Crippen molar-refractivity contribution < 1.29 is 0 Å². The lowest BCUT2D eigenvalue weighted by Crippen LogP contribution is -2.05. The van der Waals surface area contributed by atoms with E-state index in [2.05, 4.69) is 51.9 Å². The summed E-state index contributed by atoms with van der Waals surface area (Å²) in [7, 11) is 1.96. The Morgan fingerprint density at radius 3 is 2.86 bits per heavy atom. The second kappa shape index (κ2) is 5.81. The predicted octanol–water partition coefficient (Wildman–Crippen LogP) is 3.16. The van der Waals surface area contributed by atoms with Crippen LogP contribution in [0.1, 0.15) is 30.9 Å². The highest BCUT2D eigenvalue weighted by Crippen LogP contribution is 2.25. The molecule has 0 saturated heterocycles. The van der Waals surface area contributed by atoms with E-state index in [0.29, 0.717) is 0 Å². The molecule has 1 N–H and O–H groups in total. The van der Waals surface area contributed by atoms with Gasteiger partial charge in [-0.2, -0.15) is 5.10 Å². The summed E-state index contributed by atoms with van der Waals surface area (Å²) in [4.78, 5) is 10.2. The molecule has 0 aliphatic rings. The zero-order valence-electron chi connectivity index (χ0n) is 12.6. The minimum Gasteiger partial charge on any atom is -0.365 e. The normalized spacial score (nSPS) is 11.2. The van der Waals surface area contributed by atoms with Crippen molar-refractivity contribution >= 4 is 27.4 Å². The number of hydrogen-bond donors (Lipinski definition) is 1. The van der Waals surface area contributed by atoms with Crippen molar-refractivity contribution in [3.63, 3.8) is 0 Å². The van der Waals surface area contributed by atoms with Gasteiger partial charge in [0, 0.05) is 31.8 Å². The van der Waals surface area contributed by atoms with Gasteiger partial charge in [-0.1, -0.05) is 13.8 Å². The van der Waals surface area contributed by atoms with Gasteiger partial charge >= 0.3 is 0 Å². The van der Waals surface area contributed by atoms with Crippen LogP contribution < -0.4 is 5.32 Å². The second-order valence-electron chi connectivity index (χ2n) is 4.96. The Balaban J connectivity index is 1.89. The Hall–Kier alpha value is -1.95. The van der Waals surface area contributed by atoms with E-state index in [-0.39, 0.29) is 0 Å². The maximum atomic E-state index is 4.63. The summed E-state index contributed by atoms with van der Waals surface area (Å²) in [5.41, 5.74) is 2.36. The van der Waals surface area contributed by atoms with E-state index >= 15 is 0 Å². The summed E-state index contributed by atoms with van der Waals surface area (Å²) in [5.74, 6) is 1.80. The minimum atomic E-state index is 0.738. The molecule has 0 atom stereocenters.